The Morgan fingerprint density at radius 3 is 2.57 bits per heavy atom. The van der Waals surface area contributed by atoms with Crippen molar-refractivity contribution in [1.82, 2.24) is 5.32 Å². The minimum absolute atomic E-state index is 0.0714. The van der Waals surface area contributed by atoms with Crippen molar-refractivity contribution in [3.63, 3.8) is 0 Å². The maximum atomic E-state index is 13.2. The van der Waals surface area contributed by atoms with Crippen LogP contribution in [0.15, 0.2) is 34.7 Å². The van der Waals surface area contributed by atoms with E-state index in [0.717, 1.165) is 24.3 Å². The number of amides is 1. The summed E-state index contributed by atoms with van der Waals surface area (Å²) in [6.07, 6.45) is -1.31. The van der Waals surface area contributed by atoms with Crippen molar-refractivity contribution in [1.29, 1.82) is 0 Å². The molecular weight excluding hydrogens is 314 g/mol. The molecule has 1 heterocycles. The highest BCUT2D eigenvalue weighted by molar-refractivity contribution is 5.91. The number of aliphatic hydroxyl groups is 1. The topological polar surface area (TPSA) is 106 Å². The maximum absolute atomic E-state index is 13.2. The monoisotopic (exact) mass is 326 g/mol. The number of hydrogen-bond donors (Lipinski definition) is 2. The van der Waals surface area contributed by atoms with Crippen molar-refractivity contribution in [3.8, 4) is 0 Å². The lowest BCUT2D eigenvalue weighted by molar-refractivity contribution is -0.402. The normalized spacial score (nSPS) is 13.4. The molecule has 0 bridgehead atoms. The highest BCUT2D eigenvalue weighted by Crippen LogP contribution is 2.20. The Hall–Kier alpha value is -2.81. The van der Waals surface area contributed by atoms with E-state index >= 15 is 0 Å². The van der Waals surface area contributed by atoms with E-state index in [-0.39, 0.29) is 11.3 Å². The molecule has 0 radical (unpaired) electrons. The van der Waals surface area contributed by atoms with Gasteiger partial charge in [0.25, 0.3) is 5.91 Å². The number of carbonyl (C=O) groups excluding carboxylic acids is 1. The third kappa shape index (κ3) is 3.69. The zero-order valence-corrected chi connectivity index (χ0v) is 11.8. The number of nitrogens with zero attached hydrogens (tertiary/aromatic N) is 1. The van der Waals surface area contributed by atoms with Crippen LogP contribution < -0.4 is 5.32 Å². The second-order valence-corrected chi connectivity index (χ2v) is 4.78. The van der Waals surface area contributed by atoms with E-state index in [9.17, 15) is 28.8 Å². The number of aliphatic hydroxyl groups excluding tert-OH is 1. The van der Waals surface area contributed by atoms with Crippen LogP contribution in [0, 0.1) is 21.7 Å². The molecule has 1 aromatic carbocycles. The molecular formula is C14H12F2N2O5. The first-order chi connectivity index (χ1) is 10.8. The average Bonchev–Trinajstić information content (AvgIpc) is 2.99. The quantitative estimate of drug-likeness (QED) is 0.648. The van der Waals surface area contributed by atoms with Crippen LogP contribution in [0.3, 0.4) is 0 Å². The molecule has 0 fully saturated rings. The molecule has 0 spiro atoms. The lowest BCUT2D eigenvalue weighted by Crippen LogP contribution is -2.36. The third-order valence-electron chi connectivity index (χ3n) is 3.11. The van der Waals surface area contributed by atoms with Gasteiger partial charge in [0.1, 0.15) is 4.92 Å². The predicted octanol–water partition coefficient (Wildman–Crippen LogP) is 2.32. The highest BCUT2D eigenvalue weighted by Gasteiger charge is 2.23. The summed E-state index contributed by atoms with van der Waals surface area (Å²) in [6.45, 7) is 1.43. The highest BCUT2D eigenvalue weighted by atomic mass is 19.2. The number of benzene rings is 1. The molecule has 1 aromatic heterocycles. The SMILES string of the molecule is CC(NC(=O)c1ccc([N+](=O)[O-])o1)C(O)c1ccc(F)c(F)c1. The fourth-order valence-electron chi connectivity index (χ4n) is 1.89. The van der Waals surface area contributed by atoms with Gasteiger partial charge in [-0.15, -0.1) is 0 Å². The molecule has 7 nitrogen and oxygen atoms in total. The molecule has 122 valence electrons. The maximum Gasteiger partial charge on any atom is 0.433 e. The molecule has 2 N–H and O–H groups in total. The predicted molar refractivity (Wildman–Crippen MR) is 73.6 cm³/mol. The van der Waals surface area contributed by atoms with Gasteiger partial charge in [-0.2, -0.15) is 0 Å². The van der Waals surface area contributed by atoms with E-state index in [1.807, 2.05) is 0 Å². The van der Waals surface area contributed by atoms with E-state index in [1.54, 1.807) is 0 Å². The van der Waals surface area contributed by atoms with Crippen molar-refractivity contribution in [2.24, 2.45) is 0 Å². The molecule has 2 atom stereocenters. The number of furan rings is 1. The van der Waals surface area contributed by atoms with E-state index in [4.69, 9.17) is 4.42 Å². The molecule has 23 heavy (non-hydrogen) atoms. The van der Waals surface area contributed by atoms with Gasteiger partial charge in [0.2, 0.25) is 0 Å². The second kappa shape index (κ2) is 6.53. The van der Waals surface area contributed by atoms with E-state index in [1.165, 1.54) is 13.0 Å². The number of hydrogen-bond acceptors (Lipinski definition) is 5. The van der Waals surface area contributed by atoms with Gasteiger partial charge < -0.3 is 14.8 Å². The lowest BCUT2D eigenvalue weighted by Gasteiger charge is -2.20. The standard InChI is InChI=1S/C14H12F2N2O5/c1-7(13(19)8-2-3-9(15)10(16)6-8)17-14(20)11-4-5-12(23-11)18(21)22/h2-7,13,19H,1H3,(H,17,20). The minimum Gasteiger partial charge on any atom is -0.395 e. The van der Waals surface area contributed by atoms with Gasteiger partial charge in [0, 0.05) is 0 Å². The Balaban J connectivity index is 2.07. The number of nitro groups is 1. The molecule has 0 saturated heterocycles. The summed E-state index contributed by atoms with van der Waals surface area (Å²) in [4.78, 5) is 21.6. The van der Waals surface area contributed by atoms with Crippen molar-refractivity contribution >= 4 is 11.8 Å². The summed E-state index contributed by atoms with van der Waals surface area (Å²) in [7, 11) is 0. The van der Waals surface area contributed by atoms with Gasteiger partial charge >= 0.3 is 5.88 Å². The number of carbonyl (C=O) groups is 1. The van der Waals surface area contributed by atoms with Crippen LogP contribution in [0.5, 0.6) is 0 Å². The van der Waals surface area contributed by atoms with Crippen molar-refractivity contribution in [2.75, 3.05) is 0 Å². The molecule has 1 amide bonds. The first-order valence-corrected chi connectivity index (χ1v) is 6.47. The van der Waals surface area contributed by atoms with Gasteiger partial charge in [0.15, 0.2) is 17.4 Å². The molecule has 0 aliphatic heterocycles. The Labute approximate surface area is 128 Å². The first kappa shape index (κ1) is 16.6. The number of nitrogens with one attached hydrogen (secondary N) is 1. The van der Waals surface area contributed by atoms with Crippen LogP contribution in [0.4, 0.5) is 14.7 Å². The summed E-state index contributed by atoms with van der Waals surface area (Å²) in [6, 6.07) is 4.12. The van der Waals surface area contributed by atoms with Crippen molar-refractivity contribution in [3.05, 3.63) is 63.4 Å². The third-order valence-corrected chi connectivity index (χ3v) is 3.11. The molecule has 2 unspecified atom stereocenters. The van der Waals surface area contributed by atoms with Gasteiger partial charge in [-0.1, -0.05) is 6.07 Å². The number of rotatable bonds is 5. The van der Waals surface area contributed by atoms with E-state index < -0.39 is 40.5 Å². The number of halogens is 2. The molecule has 2 rings (SSSR count). The van der Waals surface area contributed by atoms with E-state index in [2.05, 4.69) is 5.32 Å². The Morgan fingerprint density at radius 2 is 2.00 bits per heavy atom. The summed E-state index contributed by atoms with van der Waals surface area (Å²) in [5, 5.41) is 22.9. The van der Waals surface area contributed by atoms with Crippen LogP contribution in [-0.2, 0) is 0 Å². The second-order valence-electron chi connectivity index (χ2n) is 4.78. The van der Waals surface area contributed by atoms with Crippen LogP contribution in [-0.4, -0.2) is 22.0 Å². The molecule has 0 aliphatic rings. The summed E-state index contributed by atoms with van der Waals surface area (Å²) < 4.78 is 30.8. The molecule has 9 heteroatoms. The molecule has 0 aliphatic carbocycles. The Bertz CT molecular complexity index is 747. The molecule has 0 saturated carbocycles. The van der Waals surface area contributed by atoms with E-state index in [0.29, 0.717) is 0 Å². The lowest BCUT2D eigenvalue weighted by atomic mass is 10.0. The first-order valence-electron chi connectivity index (χ1n) is 6.47. The summed E-state index contributed by atoms with van der Waals surface area (Å²) in [5.41, 5.74) is 0.0714. The largest absolute Gasteiger partial charge is 0.433 e. The van der Waals surface area contributed by atoms with Gasteiger partial charge in [-0.3, -0.25) is 14.9 Å². The van der Waals surface area contributed by atoms with Crippen LogP contribution in [0.2, 0.25) is 0 Å². The Kier molecular flexibility index (Phi) is 4.70. The smallest absolute Gasteiger partial charge is 0.395 e. The van der Waals surface area contributed by atoms with Crippen molar-refractivity contribution in [2.45, 2.75) is 19.1 Å². The zero-order chi connectivity index (χ0) is 17.1. The Morgan fingerprint density at radius 1 is 1.30 bits per heavy atom. The van der Waals surface area contributed by atoms with Crippen LogP contribution in [0.1, 0.15) is 29.1 Å². The molecule has 2 aromatic rings. The van der Waals surface area contributed by atoms with Gasteiger partial charge in [0.05, 0.1) is 18.2 Å². The fourth-order valence-corrected chi connectivity index (χ4v) is 1.89. The van der Waals surface area contributed by atoms with Gasteiger partial charge in [-0.25, -0.2) is 8.78 Å². The average molecular weight is 326 g/mol. The summed E-state index contributed by atoms with van der Waals surface area (Å²) >= 11 is 0. The van der Waals surface area contributed by atoms with Crippen LogP contribution in [0.25, 0.3) is 0 Å². The summed E-state index contributed by atoms with van der Waals surface area (Å²) in [5.74, 6) is -3.86. The van der Waals surface area contributed by atoms with Gasteiger partial charge in [-0.05, 0) is 30.7 Å². The fraction of sp³-hybridized carbons (Fsp3) is 0.214. The minimum atomic E-state index is -1.31. The van der Waals surface area contributed by atoms with Crippen LogP contribution >= 0.6 is 0 Å². The zero-order valence-electron chi connectivity index (χ0n) is 11.8. The van der Waals surface area contributed by atoms with Crippen molar-refractivity contribution < 1.29 is 28.0 Å².